The molecule has 1 heterocycles. The van der Waals surface area contributed by atoms with E-state index in [1.165, 1.54) is 49.9 Å². The second-order valence-electron chi connectivity index (χ2n) is 7.51. The number of ether oxygens (including phenoxy) is 1. The summed E-state index contributed by atoms with van der Waals surface area (Å²) in [7, 11) is 0. The largest absolute Gasteiger partial charge is 0.486 e. The minimum atomic E-state index is -0.369. The number of hydrogen-bond donors (Lipinski definition) is 2. The Morgan fingerprint density at radius 3 is 2.50 bits per heavy atom. The lowest BCUT2D eigenvalue weighted by molar-refractivity contribution is -0.124. The molecule has 1 aliphatic heterocycles. The van der Waals surface area contributed by atoms with E-state index < -0.39 is 0 Å². The first-order valence-corrected chi connectivity index (χ1v) is 10.9. The SMILES string of the molecule is CCCCCCCC[C@]1(C)SC(=O)C=C1OCC(=O)NNc1ccc(C)cc1. The van der Waals surface area contributed by atoms with Crippen molar-refractivity contribution in [1.29, 1.82) is 0 Å². The number of hydrogen-bond acceptors (Lipinski definition) is 5. The van der Waals surface area contributed by atoms with Crippen molar-refractivity contribution < 1.29 is 14.3 Å². The third kappa shape index (κ3) is 7.23. The number of carbonyl (C=O) groups is 2. The molecule has 0 bridgehead atoms. The Bertz CT molecular complexity index is 688. The Labute approximate surface area is 172 Å². The quantitative estimate of drug-likeness (QED) is 0.374. The molecule has 1 aromatic carbocycles. The van der Waals surface area contributed by atoms with Gasteiger partial charge in [-0.25, -0.2) is 0 Å². The average Bonchev–Trinajstić information content (AvgIpc) is 2.96. The first-order valence-electron chi connectivity index (χ1n) is 10.1. The number of anilines is 1. The number of rotatable bonds is 12. The van der Waals surface area contributed by atoms with Crippen LogP contribution in [0.4, 0.5) is 5.69 Å². The van der Waals surface area contributed by atoms with E-state index in [0.29, 0.717) is 5.76 Å². The van der Waals surface area contributed by atoms with E-state index in [-0.39, 0.29) is 22.4 Å². The molecule has 0 spiro atoms. The van der Waals surface area contributed by atoms with Gasteiger partial charge in [0.1, 0.15) is 5.76 Å². The minimum Gasteiger partial charge on any atom is -0.486 e. The van der Waals surface area contributed by atoms with Crippen LogP contribution in [0.5, 0.6) is 0 Å². The Hall–Kier alpha value is -1.95. The average molecular weight is 405 g/mol. The fourth-order valence-corrected chi connectivity index (χ4v) is 4.21. The molecule has 0 saturated carbocycles. The van der Waals surface area contributed by atoms with Crippen molar-refractivity contribution in [2.45, 2.75) is 70.5 Å². The summed E-state index contributed by atoms with van der Waals surface area (Å²) in [4.78, 5) is 24.0. The van der Waals surface area contributed by atoms with E-state index in [4.69, 9.17) is 4.74 Å². The number of benzene rings is 1. The third-order valence-electron chi connectivity index (χ3n) is 4.86. The third-order valence-corrected chi connectivity index (χ3v) is 6.03. The van der Waals surface area contributed by atoms with Crippen molar-refractivity contribution in [2.24, 2.45) is 0 Å². The van der Waals surface area contributed by atoms with Gasteiger partial charge in [-0.3, -0.25) is 20.4 Å². The second kappa shape index (κ2) is 11.1. The highest BCUT2D eigenvalue weighted by atomic mass is 32.2. The lowest BCUT2D eigenvalue weighted by atomic mass is 9.99. The molecule has 1 aliphatic rings. The first-order chi connectivity index (χ1) is 13.4. The van der Waals surface area contributed by atoms with Crippen LogP contribution in [0.3, 0.4) is 0 Å². The summed E-state index contributed by atoms with van der Waals surface area (Å²) in [5, 5.41) is 0.00155. The molecular formula is C22H32N2O3S. The number of hydrazine groups is 1. The van der Waals surface area contributed by atoms with Gasteiger partial charge in [0.25, 0.3) is 5.91 Å². The Balaban J connectivity index is 1.75. The van der Waals surface area contributed by atoms with Crippen LogP contribution in [0.2, 0.25) is 0 Å². The van der Waals surface area contributed by atoms with E-state index in [1.807, 2.05) is 38.1 Å². The van der Waals surface area contributed by atoms with Gasteiger partial charge in [0.05, 0.1) is 10.4 Å². The summed E-state index contributed by atoms with van der Waals surface area (Å²) in [5.41, 5.74) is 7.44. The summed E-state index contributed by atoms with van der Waals surface area (Å²) in [6.45, 7) is 6.13. The molecule has 0 radical (unpaired) electrons. The number of amides is 1. The lowest BCUT2D eigenvalue weighted by Gasteiger charge is -2.26. The fraction of sp³-hybridized carbons (Fsp3) is 0.545. The molecule has 2 rings (SSSR count). The zero-order valence-corrected chi connectivity index (χ0v) is 18.0. The number of thioether (sulfide) groups is 1. The van der Waals surface area contributed by atoms with E-state index >= 15 is 0 Å². The van der Waals surface area contributed by atoms with Crippen LogP contribution >= 0.6 is 11.8 Å². The molecule has 2 N–H and O–H groups in total. The molecule has 0 aromatic heterocycles. The summed E-state index contributed by atoms with van der Waals surface area (Å²) >= 11 is 1.30. The zero-order chi connectivity index (χ0) is 20.4. The predicted octanol–water partition coefficient (Wildman–Crippen LogP) is 5.12. The van der Waals surface area contributed by atoms with Gasteiger partial charge in [-0.2, -0.15) is 0 Å². The Kier molecular flexibility index (Phi) is 8.90. The van der Waals surface area contributed by atoms with Gasteiger partial charge in [0.2, 0.25) is 5.12 Å². The molecular weight excluding hydrogens is 372 g/mol. The highest BCUT2D eigenvalue weighted by Gasteiger charge is 2.39. The molecule has 1 amide bonds. The summed E-state index contributed by atoms with van der Waals surface area (Å²) in [6.07, 6.45) is 9.66. The van der Waals surface area contributed by atoms with Gasteiger partial charge < -0.3 is 4.74 Å². The lowest BCUT2D eigenvalue weighted by Crippen LogP contribution is -2.34. The van der Waals surface area contributed by atoms with Crippen molar-refractivity contribution in [1.82, 2.24) is 5.43 Å². The van der Waals surface area contributed by atoms with Crippen LogP contribution < -0.4 is 10.9 Å². The normalized spacial score (nSPS) is 18.7. The van der Waals surface area contributed by atoms with Crippen LogP contribution in [0, 0.1) is 6.92 Å². The van der Waals surface area contributed by atoms with Gasteiger partial charge in [-0.15, -0.1) is 0 Å². The second-order valence-corrected chi connectivity index (χ2v) is 9.01. The molecule has 1 aromatic rings. The van der Waals surface area contributed by atoms with Gasteiger partial charge >= 0.3 is 0 Å². The van der Waals surface area contributed by atoms with Crippen molar-refractivity contribution in [3.63, 3.8) is 0 Å². The highest BCUT2D eigenvalue weighted by molar-refractivity contribution is 8.15. The summed E-state index contributed by atoms with van der Waals surface area (Å²) < 4.78 is 5.35. The van der Waals surface area contributed by atoms with Crippen LogP contribution in [-0.4, -0.2) is 22.4 Å². The molecule has 6 heteroatoms. The molecule has 0 fully saturated rings. The highest BCUT2D eigenvalue weighted by Crippen LogP contribution is 2.44. The maximum Gasteiger partial charge on any atom is 0.276 e. The molecule has 5 nitrogen and oxygen atoms in total. The van der Waals surface area contributed by atoms with Gasteiger partial charge in [-0.05, 0) is 32.4 Å². The molecule has 0 aliphatic carbocycles. The number of nitrogens with one attached hydrogen (secondary N) is 2. The number of aryl methyl sites for hydroxylation is 1. The fourth-order valence-electron chi connectivity index (χ4n) is 3.13. The molecule has 28 heavy (non-hydrogen) atoms. The van der Waals surface area contributed by atoms with Crippen molar-refractivity contribution in [3.8, 4) is 0 Å². The summed E-state index contributed by atoms with van der Waals surface area (Å²) in [6, 6.07) is 7.71. The van der Waals surface area contributed by atoms with E-state index in [0.717, 1.165) is 24.1 Å². The molecule has 154 valence electrons. The van der Waals surface area contributed by atoms with Gasteiger partial charge in [0, 0.05) is 6.08 Å². The number of carbonyl (C=O) groups excluding carboxylic acids is 2. The van der Waals surface area contributed by atoms with E-state index in [2.05, 4.69) is 17.8 Å². The van der Waals surface area contributed by atoms with Crippen LogP contribution in [-0.2, 0) is 14.3 Å². The maximum absolute atomic E-state index is 12.1. The smallest absolute Gasteiger partial charge is 0.276 e. The predicted molar refractivity (Wildman–Crippen MR) is 116 cm³/mol. The van der Waals surface area contributed by atoms with Gasteiger partial charge in [-0.1, -0.05) is 74.9 Å². The van der Waals surface area contributed by atoms with Crippen LogP contribution in [0.1, 0.15) is 64.4 Å². The Morgan fingerprint density at radius 1 is 1.11 bits per heavy atom. The molecule has 1 atom stereocenters. The van der Waals surface area contributed by atoms with Crippen molar-refractivity contribution in [2.75, 3.05) is 12.0 Å². The van der Waals surface area contributed by atoms with Crippen LogP contribution in [0.25, 0.3) is 0 Å². The monoisotopic (exact) mass is 404 g/mol. The van der Waals surface area contributed by atoms with Gasteiger partial charge in [0.15, 0.2) is 6.61 Å². The zero-order valence-electron chi connectivity index (χ0n) is 17.2. The Morgan fingerprint density at radius 2 is 1.79 bits per heavy atom. The molecule has 0 saturated heterocycles. The number of unbranched alkanes of at least 4 members (excludes halogenated alkanes) is 5. The minimum absolute atomic E-state index is 0.00155. The maximum atomic E-state index is 12.1. The summed E-state index contributed by atoms with van der Waals surface area (Å²) in [5.74, 6) is 0.328. The van der Waals surface area contributed by atoms with Crippen molar-refractivity contribution >= 4 is 28.5 Å². The van der Waals surface area contributed by atoms with E-state index in [1.54, 1.807) is 0 Å². The first kappa shape index (κ1) is 22.3. The van der Waals surface area contributed by atoms with Crippen molar-refractivity contribution in [3.05, 3.63) is 41.7 Å². The topological polar surface area (TPSA) is 67.4 Å². The standard InChI is InChI=1S/C22H32N2O3S/c1-4-5-6-7-8-9-14-22(3)19(15-21(26)28-22)27-16-20(25)24-23-18-12-10-17(2)11-13-18/h10-13,15,23H,4-9,14,16H2,1-3H3,(H,24,25)/t22-/m0/s1. The molecule has 0 unspecified atom stereocenters. The van der Waals surface area contributed by atoms with E-state index in [9.17, 15) is 9.59 Å². The van der Waals surface area contributed by atoms with Crippen LogP contribution in [0.15, 0.2) is 36.1 Å².